The van der Waals surface area contributed by atoms with Crippen LogP contribution in [-0.4, -0.2) is 53.5 Å². The van der Waals surface area contributed by atoms with Crippen molar-refractivity contribution in [1.29, 1.82) is 0 Å². The lowest BCUT2D eigenvalue weighted by Gasteiger charge is -2.19. The summed E-state index contributed by atoms with van der Waals surface area (Å²) in [5.41, 5.74) is 1.09. The summed E-state index contributed by atoms with van der Waals surface area (Å²) >= 11 is 0. The molecule has 11 nitrogen and oxygen atoms in total. The number of allylic oxidation sites excluding steroid dienone is 1. The van der Waals surface area contributed by atoms with Gasteiger partial charge in [0.05, 0.1) is 31.6 Å². The highest BCUT2D eigenvalue weighted by atomic mass is 16.7. The van der Waals surface area contributed by atoms with Gasteiger partial charge in [-0.05, 0) is 24.6 Å². The van der Waals surface area contributed by atoms with E-state index in [1.165, 1.54) is 12.0 Å². The third-order valence-corrected chi connectivity index (χ3v) is 5.46. The molecule has 1 fully saturated rings. The van der Waals surface area contributed by atoms with Gasteiger partial charge in [-0.2, -0.15) is 0 Å². The second-order valence-corrected chi connectivity index (χ2v) is 7.40. The van der Waals surface area contributed by atoms with Crippen molar-refractivity contribution in [2.45, 2.75) is 32.7 Å². The third kappa shape index (κ3) is 3.77. The summed E-state index contributed by atoms with van der Waals surface area (Å²) in [5.74, 6) is -3.54. The van der Waals surface area contributed by atoms with E-state index in [1.54, 1.807) is 25.1 Å². The Morgan fingerprint density at radius 2 is 1.78 bits per heavy atom. The summed E-state index contributed by atoms with van der Waals surface area (Å²) in [5, 5.41) is 0.403. The molecule has 0 bridgehead atoms. The van der Waals surface area contributed by atoms with Crippen molar-refractivity contribution in [2.24, 2.45) is 5.92 Å². The third-order valence-electron chi connectivity index (χ3n) is 5.46. The number of hydroxylamine groups is 2. The number of fused-ring (bicyclic) bond motifs is 1. The van der Waals surface area contributed by atoms with Crippen molar-refractivity contribution in [3.05, 3.63) is 35.0 Å². The van der Waals surface area contributed by atoms with E-state index >= 15 is 0 Å². The van der Waals surface area contributed by atoms with Crippen LogP contribution >= 0.6 is 0 Å². The maximum atomic E-state index is 13.2. The smallest absolute Gasteiger partial charge is 0.336 e. The van der Waals surface area contributed by atoms with Crippen LogP contribution in [-0.2, 0) is 40.1 Å². The first-order chi connectivity index (χ1) is 15.3. The molecule has 0 aliphatic carbocycles. The molecule has 1 aromatic rings. The minimum Gasteiger partial charge on any atom is -0.466 e. The topological polar surface area (TPSA) is 129 Å². The maximum absolute atomic E-state index is 13.2. The molecule has 3 heterocycles. The number of hydrogen-bond acceptors (Lipinski definition) is 9. The van der Waals surface area contributed by atoms with Gasteiger partial charge < -0.3 is 23.9 Å². The Morgan fingerprint density at radius 1 is 1.09 bits per heavy atom. The van der Waals surface area contributed by atoms with Gasteiger partial charge in [0.2, 0.25) is 12.7 Å². The van der Waals surface area contributed by atoms with Crippen LogP contribution in [0.5, 0.6) is 11.5 Å². The van der Waals surface area contributed by atoms with E-state index in [2.05, 4.69) is 0 Å². The zero-order chi connectivity index (χ0) is 23.0. The predicted octanol–water partition coefficient (Wildman–Crippen LogP) is 0.818. The maximum Gasteiger partial charge on any atom is 0.336 e. The van der Waals surface area contributed by atoms with Crippen LogP contribution in [0.1, 0.15) is 31.7 Å². The van der Waals surface area contributed by atoms with Gasteiger partial charge >= 0.3 is 11.9 Å². The first kappa shape index (κ1) is 21.3. The molecule has 3 aliphatic rings. The van der Waals surface area contributed by atoms with Crippen molar-refractivity contribution in [3.8, 4) is 11.5 Å². The molecule has 1 aromatic carbocycles. The summed E-state index contributed by atoms with van der Waals surface area (Å²) in [4.78, 5) is 67.5. The van der Waals surface area contributed by atoms with Crippen LogP contribution in [0.15, 0.2) is 29.5 Å². The Labute approximate surface area is 182 Å². The summed E-state index contributed by atoms with van der Waals surface area (Å²) in [7, 11) is 1.17. The van der Waals surface area contributed by atoms with E-state index in [0.717, 1.165) is 5.56 Å². The molecule has 3 aliphatic heterocycles. The van der Waals surface area contributed by atoms with Gasteiger partial charge in [0.25, 0.3) is 11.8 Å². The summed E-state index contributed by atoms with van der Waals surface area (Å²) in [6.45, 7) is 1.81. The van der Waals surface area contributed by atoms with E-state index in [4.69, 9.17) is 19.0 Å². The minimum atomic E-state index is -1.17. The number of amides is 3. The Morgan fingerprint density at radius 3 is 2.47 bits per heavy atom. The average Bonchev–Trinajstić information content (AvgIpc) is 3.42. The molecule has 3 amide bonds. The van der Waals surface area contributed by atoms with E-state index in [-0.39, 0.29) is 31.8 Å². The first-order valence-electron chi connectivity index (χ1n) is 9.85. The fourth-order valence-electron chi connectivity index (χ4n) is 3.85. The van der Waals surface area contributed by atoms with Gasteiger partial charge in [-0.15, -0.1) is 5.06 Å². The molecule has 0 saturated carbocycles. The monoisotopic (exact) mass is 444 g/mol. The molecule has 0 radical (unpaired) electrons. The molecule has 1 saturated heterocycles. The van der Waals surface area contributed by atoms with E-state index in [9.17, 15) is 24.0 Å². The molecule has 32 heavy (non-hydrogen) atoms. The molecular weight excluding hydrogens is 424 g/mol. The fraction of sp³-hybridized carbons (Fsp3) is 0.381. The minimum absolute atomic E-state index is 0.0225. The van der Waals surface area contributed by atoms with Crippen molar-refractivity contribution in [1.82, 2.24) is 9.96 Å². The van der Waals surface area contributed by atoms with Gasteiger partial charge in [-0.1, -0.05) is 6.07 Å². The molecule has 4 rings (SSSR count). The van der Waals surface area contributed by atoms with Crippen molar-refractivity contribution in [2.75, 3.05) is 13.9 Å². The van der Waals surface area contributed by atoms with Gasteiger partial charge in [0, 0.05) is 18.5 Å². The highest BCUT2D eigenvalue weighted by molar-refractivity contribution is 6.04. The predicted molar refractivity (Wildman–Crippen MR) is 103 cm³/mol. The van der Waals surface area contributed by atoms with Gasteiger partial charge in [-0.3, -0.25) is 14.4 Å². The zero-order valence-corrected chi connectivity index (χ0v) is 17.4. The number of nitrogens with zero attached hydrogens (tertiary/aromatic N) is 2. The normalized spacial score (nSPS) is 19.8. The van der Waals surface area contributed by atoms with Crippen LogP contribution < -0.4 is 9.47 Å². The molecule has 168 valence electrons. The second kappa shape index (κ2) is 8.33. The SMILES string of the molecule is COC(=O)C1=C(C)N(Cc2ccc3c(c2)OCO3)C(=O)C1CC(=O)ON1C(=O)CCC1=O. The van der Waals surface area contributed by atoms with Crippen LogP contribution in [0.3, 0.4) is 0 Å². The van der Waals surface area contributed by atoms with Crippen LogP contribution in [0.25, 0.3) is 0 Å². The van der Waals surface area contributed by atoms with Gasteiger partial charge in [0.1, 0.15) is 0 Å². The van der Waals surface area contributed by atoms with E-state index < -0.39 is 42.0 Å². The fourth-order valence-corrected chi connectivity index (χ4v) is 3.85. The van der Waals surface area contributed by atoms with Crippen molar-refractivity contribution in [3.63, 3.8) is 0 Å². The summed E-state index contributed by atoms with van der Waals surface area (Å²) < 4.78 is 15.4. The summed E-state index contributed by atoms with van der Waals surface area (Å²) in [6, 6.07) is 5.21. The lowest BCUT2D eigenvalue weighted by Crippen LogP contribution is -2.34. The average molecular weight is 444 g/mol. The highest BCUT2D eigenvalue weighted by Crippen LogP contribution is 2.37. The van der Waals surface area contributed by atoms with Gasteiger partial charge in [-0.25, -0.2) is 9.59 Å². The number of esters is 1. The van der Waals surface area contributed by atoms with Crippen molar-refractivity contribution < 1.29 is 43.0 Å². The molecule has 0 aromatic heterocycles. The Bertz CT molecular complexity index is 1050. The van der Waals surface area contributed by atoms with Crippen LogP contribution in [0.2, 0.25) is 0 Å². The summed E-state index contributed by atoms with van der Waals surface area (Å²) in [6.07, 6.45) is -0.635. The Kier molecular flexibility index (Phi) is 5.56. The van der Waals surface area contributed by atoms with E-state index in [0.29, 0.717) is 22.3 Å². The second-order valence-electron chi connectivity index (χ2n) is 7.40. The number of benzene rings is 1. The number of methoxy groups -OCH3 is 1. The molecule has 0 spiro atoms. The first-order valence-corrected chi connectivity index (χ1v) is 9.85. The number of carbonyl (C=O) groups excluding carboxylic acids is 5. The number of carbonyl (C=O) groups is 5. The molecule has 0 N–H and O–H groups in total. The molecule has 1 unspecified atom stereocenters. The lowest BCUT2D eigenvalue weighted by molar-refractivity contribution is -0.198. The van der Waals surface area contributed by atoms with Gasteiger partial charge in [0.15, 0.2) is 11.5 Å². The van der Waals surface area contributed by atoms with Crippen molar-refractivity contribution >= 4 is 29.7 Å². The molecule has 11 heteroatoms. The standard InChI is InChI=1S/C21H20N2O9/c1-11-19(21(28)29-2)13(8-18(26)32-23-16(24)5-6-17(23)25)20(27)22(11)9-12-3-4-14-15(7-12)31-10-30-14/h3-4,7,13H,5-6,8-10H2,1-2H3. The molecular formula is C21H20N2O9. The molecule has 1 atom stereocenters. The quantitative estimate of drug-likeness (QED) is 0.462. The largest absolute Gasteiger partial charge is 0.466 e. The Balaban J connectivity index is 1.53. The van der Waals surface area contributed by atoms with Crippen LogP contribution in [0.4, 0.5) is 0 Å². The Hall–Kier alpha value is -3.89. The number of rotatable bonds is 6. The number of hydrogen-bond donors (Lipinski definition) is 0. The number of ether oxygens (including phenoxy) is 3. The van der Waals surface area contributed by atoms with E-state index in [1.807, 2.05) is 0 Å². The van der Waals surface area contributed by atoms with Crippen LogP contribution in [0, 0.1) is 5.92 Å². The lowest BCUT2D eigenvalue weighted by atomic mass is 9.97. The zero-order valence-electron chi connectivity index (χ0n) is 17.4. The number of imide groups is 1. The highest BCUT2D eigenvalue weighted by Gasteiger charge is 2.44.